The lowest BCUT2D eigenvalue weighted by molar-refractivity contribution is 0.109. The summed E-state index contributed by atoms with van der Waals surface area (Å²) in [4.78, 5) is 13.0. The van der Waals surface area contributed by atoms with E-state index in [1.54, 1.807) is 0 Å². The Bertz CT molecular complexity index is 128. The molecule has 0 aliphatic rings. The molecule has 64 valence electrons. The Kier molecular flexibility index (Phi) is 7.00. The van der Waals surface area contributed by atoms with Gasteiger partial charge in [0.05, 0.1) is 6.54 Å². The minimum Gasteiger partial charge on any atom is -0.381 e. The van der Waals surface area contributed by atoms with Crippen LogP contribution in [0.15, 0.2) is 4.99 Å². The van der Waals surface area contributed by atoms with Crippen LogP contribution in [-0.2, 0) is 9.53 Å². The Morgan fingerprint density at radius 1 is 1.55 bits per heavy atom. The van der Waals surface area contributed by atoms with Gasteiger partial charge in [0, 0.05) is 13.2 Å². The Balaban J connectivity index is 2.96. The van der Waals surface area contributed by atoms with Crippen LogP contribution in [0.5, 0.6) is 0 Å². The lowest BCUT2D eigenvalue weighted by atomic mass is 10.2. The topological polar surface area (TPSA) is 38.7 Å². The minimum atomic E-state index is 0.529. The molecule has 0 heterocycles. The first-order valence-corrected chi connectivity index (χ1v) is 3.88. The highest BCUT2D eigenvalue weighted by atomic mass is 16.5. The minimum absolute atomic E-state index is 0.529. The third-order valence-corrected chi connectivity index (χ3v) is 1.07. The van der Waals surface area contributed by atoms with E-state index in [-0.39, 0.29) is 0 Å². The molecular formula is C8H15NO2. The van der Waals surface area contributed by atoms with Gasteiger partial charge in [-0.25, -0.2) is 9.79 Å². The van der Waals surface area contributed by atoms with Gasteiger partial charge >= 0.3 is 0 Å². The number of aliphatic imine (C=N–C) groups is 1. The Labute approximate surface area is 67.5 Å². The first kappa shape index (κ1) is 10.3. The fraction of sp³-hybridized carbons (Fsp3) is 0.875. The lowest BCUT2D eigenvalue weighted by Crippen LogP contribution is -2.03. The Hall–Kier alpha value is -0.660. The smallest absolute Gasteiger partial charge is 0.234 e. The molecular weight excluding hydrogens is 142 g/mol. The van der Waals surface area contributed by atoms with Gasteiger partial charge in [0.1, 0.15) is 0 Å². The molecule has 0 aliphatic carbocycles. The van der Waals surface area contributed by atoms with Gasteiger partial charge in [-0.05, 0) is 12.3 Å². The maximum atomic E-state index is 9.61. The van der Waals surface area contributed by atoms with Crippen molar-refractivity contribution in [3.05, 3.63) is 0 Å². The molecule has 0 aliphatic heterocycles. The number of ether oxygens (including phenoxy) is 1. The standard InChI is InChI=1S/C8H15NO2/c1-8(2)6-11-5-3-4-9-7-10/h8H,3-6H2,1-2H3. The fourth-order valence-electron chi connectivity index (χ4n) is 0.610. The third kappa shape index (κ3) is 9.34. The molecule has 11 heavy (non-hydrogen) atoms. The Morgan fingerprint density at radius 3 is 2.82 bits per heavy atom. The zero-order valence-corrected chi connectivity index (χ0v) is 7.17. The van der Waals surface area contributed by atoms with E-state index in [4.69, 9.17) is 4.74 Å². The summed E-state index contributed by atoms with van der Waals surface area (Å²) >= 11 is 0. The molecule has 0 N–H and O–H groups in total. The zero-order valence-electron chi connectivity index (χ0n) is 7.17. The van der Waals surface area contributed by atoms with Gasteiger partial charge in [-0.1, -0.05) is 13.8 Å². The largest absolute Gasteiger partial charge is 0.381 e. The van der Waals surface area contributed by atoms with Gasteiger partial charge in [0.2, 0.25) is 6.08 Å². The molecule has 3 heteroatoms. The summed E-state index contributed by atoms with van der Waals surface area (Å²) in [6.07, 6.45) is 2.29. The van der Waals surface area contributed by atoms with E-state index < -0.39 is 0 Å². The van der Waals surface area contributed by atoms with E-state index in [1.165, 1.54) is 6.08 Å². The van der Waals surface area contributed by atoms with Crippen LogP contribution in [0.2, 0.25) is 0 Å². The summed E-state index contributed by atoms with van der Waals surface area (Å²) in [5, 5.41) is 0. The van der Waals surface area contributed by atoms with Gasteiger partial charge in [-0.15, -0.1) is 0 Å². The van der Waals surface area contributed by atoms with Crippen molar-refractivity contribution in [1.29, 1.82) is 0 Å². The maximum Gasteiger partial charge on any atom is 0.234 e. The highest BCUT2D eigenvalue weighted by molar-refractivity contribution is 5.32. The van der Waals surface area contributed by atoms with Crippen molar-refractivity contribution in [2.24, 2.45) is 10.9 Å². The molecule has 0 amide bonds. The van der Waals surface area contributed by atoms with E-state index >= 15 is 0 Å². The summed E-state index contributed by atoms with van der Waals surface area (Å²) in [6, 6.07) is 0. The second-order valence-electron chi connectivity index (χ2n) is 2.80. The van der Waals surface area contributed by atoms with Crippen molar-refractivity contribution >= 4 is 6.08 Å². The van der Waals surface area contributed by atoms with Crippen molar-refractivity contribution in [3.63, 3.8) is 0 Å². The average molecular weight is 157 g/mol. The third-order valence-electron chi connectivity index (χ3n) is 1.07. The highest BCUT2D eigenvalue weighted by Crippen LogP contribution is 1.93. The summed E-state index contributed by atoms with van der Waals surface area (Å²) in [6.45, 7) is 6.20. The van der Waals surface area contributed by atoms with Crippen molar-refractivity contribution in [3.8, 4) is 0 Å². The predicted octanol–water partition coefficient (Wildman–Crippen LogP) is 1.38. The lowest BCUT2D eigenvalue weighted by Gasteiger charge is -2.04. The van der Waals surface area contributed by atoms with Crippen molar-refractivity contribution in [1.82, 2.24) is 0 Å². The molecule has 3 nitrogen and oxygen atoms in total. The number of hydrogen-bond acceptors (Lipinski definition) is 3. The highest BCUT2D eigenvalue weighted by Gasteiger charge is 1.92. The average Bonchev–Trinajstić information content (AvgIpc) is 1.96. The van der Waals surface area contributed by atoms with Crippen LogP contribution in [0.4, 0.5) is 0 Å². The van der Waals surface area contributed by atoms with Crippen LogP contribution >= 0.6 is 0 Å². The molecule has 0 aromatic rings. The molecule has 0 saturated carbocycles. The van der Waals surface area contributed by atoms with E-state index in [2.05, 4.69) is 18.8 Å². The van der Waals surface area contributed by atoms with Crippen molar-refractivity contribution < 1.29 is 9.53 Å². The van der Waals surface area contributed by atoms with Crippen LogP contribution in [0.1, 0.15) is 20.3 Å². The summed E-state index contributed by atoms with van der Waals surface area (Å²) < 4.78 is 5.25. The first-order chi connectivity index (χ1) is 5.27. The molecule has 0 bridgehead atoms. The monoisotopic (exact) mass is 157 g/mol. The van der Waals surface area contributed by atoms with Gasteiger partial charge in [-0.2, -0.15) is 0 Å². The van der Waals surface area contributed by atoms with Crippen molar-refractivity contribution in [2.75, 3.05) is 19.8 Å². The summed E-state index contributed by atoms with van der Waals surface area (Å²) in [5.74, 6) is 0.574. The normalized spacial score (nSPS) is 9.73. The molecule has 0 radical (unpaired) electrons. The predicted molar refractivity (Wildman–Crippen MR) is 43.3 cm³/mol. The van der Waals surface area contributed by atoms with Crippen LogP contribution in [0.3, 0.4) is 0 Å². The number of carbonyl (C=O) groups excluding carboxylic acids is 1. The summed E-state index contributed by atoms with van der Waals surface area (Å²) in [5.41, 5.74) is 0. The zero-order chi connectivity index (χ0) is 8.53. The molecule has 0 unspecified atom stereocenters. The maximum absolute atomic E-state index is 9.61. The van der Waals surface area contributed by atoms with Crippen LogP contribution in [-0.4, -0.2) is 25.8 Å². The summed E-state index contributed by atoms with van der Waals surface area (Å²) in [7, 11) is 0. The first-order valence-electron chi connectivity index (χ1n) is 3.88. The molecule has 0 rings (SSSR count). The van der Waals surface area contributed by atoms with Crippen LogP contribution < -0.4 is 0 Å². The molecule has 0 aromatic carbocycles. The SMILES string of the molecule is CC(C)COCCCN=C=O. The van der Waals surface area contributed by atoms with E-state index in [0.29, 0.717) is 19.1 Å². The van der Waals surface area contributed by atoms with E-state index in [9.17, 15) is 4.79 Å². The van der Waals surface area contributed by atoms with E-state index in [1.807, 2.05) is 0 Å². The molecule has 0 fully saturated rings. The molecule has 0 aromatic heterocycles. The second kappa shape index (κ2) is 7.45. The van der Waals surface area contributed by atoms with Gasteiger partial charge < -0.3 is 4.74 Å². The molecule has 0 atom stereocenters. The fourth-order valence-corrected chi connectivity index (χ4v) is 0.610. The molecule has 0 spiro atoms. The quantitative estimate of drug-likeness (QED) is 0.332. The number of hydrogen-bond donors (Lipinski definition) is 0. The number of isocyanates is 1. The number of rotatable bonds is 6. The molecule has 0 saturated heterocycles. The van der Waals surface area contributed by atoms with Crippen LogP contribution in [0, 0.1) is 5.92 Å². The van der Waals surface area contributed by atoms with Gasteiger partial charge in [0.15, 0.2) is 0 Å². The van der Waals surface area contributed by atoms with Gasteiger partial charge in [-0.3, -0.25) is 0 Å². The second-order valence-corrected chi connectivity index (χ2v) is 2.80. The van der Waals surface area contributed by atoms with Crippen LogP contribution in [0.25, 0.3) is 0 Å². The van der Waals surface area contributed by atoms with Gasteiger partial charge in [0.25, 0.3) is 0 Å². The van der Waals surface area contributed by atoms with Crippen molar-refractivity contribution in [2.45, 2.75) is 20.3 Å². The van der Waals surface area contributed by atoms with E-state index in [0.717, 1.165) is 13.0 Å². The Morgan fingerprint density at radius 2 is 2.27 bits per heavy atom. The number of nitrogens with zero attached hydrogens (tertiary/aromatic N) is 1.